The fourth-order valence-electron chi connectivity index (χ4n) is 2.17. The molecule has 2 nitrogen and oxygen atoms in total. The summed E-state index contributed by atoms with van der Waals surface area (Å²) in [6.45, 7) is 5.00. The molecular weight excluding hydrogens is 260 g/mol. The highest BCUT2D eigenvalue weighted by Gasteiger charge is 2.18. The highest BCUT2D eigenvalue weighted by atomic mass is 19.1. The molecule has 1 heterocycles. The van der Waals surface area contributed by atoms with Crippen LogP contribution in [0.2, 0.25) is 0 Å². The van der Waals surface area contributed by atoms with Crippen molar-refractivity contribution in [3.05, 3.63) is 47.7 Å². The van der Waals surface area contributed by atoms with Crippen LogP contribution in [0.4, 0.5) is 8.78 Å². The first-order valence-corrected chi connectivity index (χ1v) is 6.94. The lowest BCUT2D eigenvalue weighted by molar-refractivity contribution is 0.408. The van der Waals surface area contributed by atoms with Crippen LogP contribution in [0.5, 0.6) is 0 Å². The normalized spacial score (nSPS) is 12.6. The summed E-state index contributed by atoms with van der Waals surface area (Å²) in [5.74, 6) is -0.285. The van der Waals surface area contributed by atoms with E-state index in [1.165, 1.54) is 18.2 Å². The van der Waals surface area contributed by atoms with E-state index in [1.54, 1.807) is 12.1 Å². The second-order valence-corrected chi connectivity index (χ2v) is 4.71. The summed E-state index contributed by atoms with van der Waals surface area (Å²) in [7, 11) is 0. The first-order chi connectivity index (χ1) is 9.67. The maximum atomic E-state index is 13.7. The van der Waals surface area contributed by atoms with Crippen molar-refractivity contribution < 1.29 is 13.2 Å². The van der Waals surface area contributed by atoms with E-state index in [2.05, 4.69) is 12.2 Å². The van der Waals surface area contributed by atoms with Crippen molar-refractivity contribution in [3.63, 3.8) is 0 Å². The van der Waals surface area contributed by atoms with Crippen LogP contribution in [0, 0.1) is 11.6 Å². The molecular formula is C16H19F2NO. The Morgan fingerprint density at radius 2 is 1.80 bits per heavy atom. The molecule has 0 spiro atoms. The molecule has 4 heteroatoms. The fraction of sp³-hybridized carbons (Fsp3) is 0.375. The van der Waals surface area contributed by atoms with Crippen LogP contribution in [0.1, 0.15) is 38.5 Å². The Morgan fingerprint density at radius 3 is 2.40 bits per heavy atom. The fourth-order valence-corrected chi connectivity index (χ4v) is 2.17. The average molecular weight is 279 g/mol. The van der Waals surface area contributed by atoms with Crippen LogP contribution in [-0.2, 0) is 0 Å². The van der Waals surface area contributed by atoms with E-state index in [1.807, 2.05) is 6.92 Å². The zero-order valence-electron chi connectivity index (χ0n) is 11.7. The van der Waals surface area contributed by atoms with Crippen LogP contribution in [0.3, 0.4) is 0 Å². The van der Waals surface area contributed by atoms with Gasteiger partial charge in [0.2, 0.25) is 0 Å². The number of nitrogens with one attached hydrogen (secondary N) is 1. The van der Waals surface area contributed by atoms with E-state index in [9.17, 15) is 8.78 Å². The Kier molecular flexibility index (Phi) is 4.90. The van der Waals surface area contributed by atoms with E-state index in [0.717, 1.165) is 19.4 Å². The molecule has 0 fully saturated rings. The van der Waals surface area contributed by atoms with Gasteiger partial charge in [0.05, 0.1) is 11.6 Å². The lowest BCUT2D eigenvalue weighted by atomic mass is 10.1. The summed E-state index contributed by atoms with van der Waals surface area (Å²) >= 11 is 0. The first-order valence-electron chi connectivity index (χ1n) is 6.94. The molecule has 0 saturated carbocycles. The second-order valence-electron chi connectivity index (χ2n) is 4.71. The molecule has 1 N–H and O–H groups in total. The lowest BCUT2D eigenvalue weighted by Gasteiger charge is -2.13. The lowest BCUT2D eigenvalue weighted by Crippen LogP contribution is -2.20. The van der Waals surface area contributed by atoms with Crippen molar-refractivity contribution in [1.29, 1.82) is 0 Å². The van der Waals surface area contributed by atoms with Gasteiger partial charge in [-0.3, -0.25) is 0 Å². The Labute approximate surface area is 117 Å². The summed E-state index contributed by atoms with van der Waals surface area (Å²) in [6, 6.07) is 7.26. The summed E-state index contributed by atoms with van der Waals surface area (Å²) in [4.78, 5) is 0. The van der Waals surface area contributed by atoms with Gasteiger partial charge < -0.3 is 9.73 Å². The Morgan fingerprint density at radius 1 is 1.10 bits per heavy atom. The van der Waals surface area contributed by atoms with Gasteiger partial charge in [0, 0.05) is 0 Å². The van der Waals surface area contributed by atoms with Gasteiger partial charge in [0.25, 0.3) is 0 Å². The monoisotopic (exact) mass is 279 g/mol. The van der Waals surface area contributed by atoms with E-state index >= 15 is 0 Å². The topological polar surface area (TPSA) is 25.2 Å². The van der Waals surface area contributed by atoms with Gasteiger partial charge in [-0.05, 0) is 43.7 Å². The van der Waals surface area contributed by atoms with Gasteiger partial charge in [0.15, 0.2) is 0 Å². The van der Waals surface area contributed by atoms with Gasteiger partial charge in [0.1, 0.15) is 23.2 Å². The highest BCUT2D eigenvalue weighted by Crippen LogP contribution is 2.30. The number of benzene rings is 1. The molecule has 2 rings (SSSR count). The van der Waals surface area contributed by atoms with Gasteiger partial charge in [-0.15, -0.1) is 0 Å². The zero-order chi connectivity index (χ0) is 14.5. The Bertz CT molecular complexity index is 545. The predicted molar refractivity (Wildman–Crippen MR) is 75.4 cm³/mol. The molecule has 0 radical (unpaired) electrons. The summed E-state index contributed by atoms with van der Waals surface area (Å²) in [5.41, 5.74) is -0.107. The third kappa shape index (κ3) is 3.07. The average Bonchev–Trinajstić information content (AvgIpc) is 2.89. The Hall–Kier alpha value is -1.68. The van der Waals surface area contributed by atoms with E-state index < -0.39 is 11.6 Å². The van der Waals surface area contributed by atoms with Crippen molar-refractivity contribution in [2.75, 3.05) is 6.54 Å². The minimum atomic E-state index is -0.611. The summed E-state index contributed by atoms with van der Waals surface area (Å²) in [6.07, 6.45) is 1.87. The van der Waals surface area contributed by atoms with Gasteiger partial charge in [-0.25, -0.2) is 8.78 Å². The van der Waals surface area contributed by atoms with Gasteiger partial charge >= 0.3 is 0 Å². The molecule has 0 saturated heterocycles. The van der Waals surface area contributed by atoms with Crippen molar-refractivity contribution in [2.45, 2.75) is 32.7 Å². The Balaban J connectivity index is 2.28. The van der Waals surface area contributed by atoms with E-state index in [4.69, 9.17) is 4.42 Å². The first kappa shape index (κ1) is 14.7. The minimum Gasteiger partial charge on any atom is -0.459 e. The number of halogens is 2. The van der Waals surface area contributed by atoms with E-state index in [0.29, 0.717) is 5.76 Å². The van der Waals surface area contributed by atoms with Crippen molar-refractivity contribution in [2.24, 2.45) is 0 Å². The molecule has 0 amide bonds. The van der Waals surface area contributed by atoms with Gasteiger partial charge in [-0.2, -0.15) is 0 Å². The minimum absolute atomic E-state index is 0.0681. The molecule has 108 valence electrons. The van der Waals surface area contributed by atoms with Crippen LogP contribution in [0.15, 0.2) is 34.7 Å². The van der Waals surface area contributed by atoms with Crippen LogP contribution < -0.4 is 5.32 Å². The molecule has 20 heavy (non-hydrogen) atoms. The van der Waals surface area contributed by atoms with Crippen LogP contribution in [-0.4, -0.2) is 6.54 Å². The molecule has 0 aliphatic carbocycles. The van der Waals surface area contributed by atoms with Crippen molar-refractivity contribution in [1.82, 2.24) is 5.32 Å². The quantitative estimate of drug-likeness (QED) is 0.830. The summed E-state index contributed by atoms with van der Waals surface area (Å²) < 4.78 is 33.1. The standard InChI is InChI=1S/C16H19F2NO/c1-3-10-19-13(4-2)14-8-9-15(20-14)16-11(17)6-5-7-12(16)18/h5-9,13,19H,3-4,10H2,1-2H3. The number of furan rings is 1. The van der Waals surface area contributed by atoms with Crippen LogP contribution in [0.25, 0.3) is 11.3 Å². The number of hydrogen-bond acceptors (Lipinski definition) is 2. The molecule has 2 aromatic rings. The number of rotatable bonds is 6. The maximum absolute atomic E-state index is 13.7. The SMILES string of the molecule is CCCNC(CC)c1ccc(-c2c(F)cccc2F)o1. The molecule has 0 bridgehead atoms. The maximum Gasteiger partial charge on any atom is 0.140 e. The molecule has 1 aromatic carbocycles. The molecule has 0 aliphatic heterocycles. The highest BCUT2D eigenvalue weighted by molar-refractivity contribution is 5.59. The molecule has 1 unspecified atom stereocenters. The third-order valence-electron chi connectivity index (χ3n) is 3.23. The van der Waals surface area contributed by atoms with Gasteiger partial charge in [-0.1, -0.05) is 19.9 Å². The molecule has 0 aliphatic rings. The third-order valence-corrected chi connectivity index (χ3v) is 3.23. The smallest absolute Gasteiger partial charge is 0.140 e. The summed E-state index contributed by atoms with van der Waals surface area (Å²) in [5, 5.41) is 3.35. The molecule has 1 atom stereocenters. The predicted octanol–water partition coefficient (Wildman–Crippen LogP) is 4.68. The second kappa shape index (κ2) is 6.66. The number of hydrogen-bond donors (Lipinski definition) is 1. The van der Waals surface area contributed by atoms with Crippen molar-refractivity contribution in [3.8, 4) is 11.3 Å². The van der Waals surface area contributed by atoms with Crippen molar-refractivity contribution >= 4 is 0 Å². The van der Waals surface area contributed by atoms with Crippen LogP contribution >= 0.6 is 0 Å². The van der Waals surface area contributed by atoms with E-state index in [-0.39, 0.29) is 17.4 Å². The zero-order valence-corrected chi connectivity index (χ0v) is 11.7. The molecule has 1 aromatic heterocycles. The largest absolute Gasteiger partial charge is 0.459 e.